The fourth-order valence-electron chi connectivity index (χ4n) is 1.59. The molecule has 0 atom stereocenters. The number of halogens is 1. The lowest BCUT2D eigenvalue weighted by Crippen LogP contribution is -2.23. The van der Waals surface area contributed by atoms with Crippen LogP contribution in [0.25, 0.3) is 5.69 Å². The highest BCUT2D eigenvalue weighted by Gasteiger charge is 2.07. The predicted octanol–water partition coefficient (Wildman–Crippen LogP) is 2.01. The fraction of sp³-hybridized carbons (Fsp3) is 0.167. The van der Waals surface area contributed by atoms with Crippen LogP contribution in [0.5, 0.6) is 0 Å². The zero-order valence-corrected chi connectivity index (χ0v) is 8.85. The van der Waals surface area contributed by atoms with Crippen LogP contribution in [0.15, 0.2) is 41.5 Å². The maximum atomic E-state index is 12.6. The summed E-state index contributed by atoms with van der Waals surface area (Å²) in [7, 11) is 0. The normalized spacial score (nSPS) is 10.4. The minimum atomic E-state index is -0.746. The average Bonchev–Trinajstić information content (AvgIpc) is 2.31. The van der Waals surface area contributed by atoms with Gasteiger partial charge in [-0.1, -0.05) is 0 Å². The van der Waals surface area contributed by atoms with Gasteiger partial charge in [0, 0.05) is 23.7 Å². The van der Waals surface area contributed by atoms with Gasteiger partial charge >= 0.3 is 0 Å². The molecule has 0 unspecified atom stereocenters. The molecule has 3 nitrogen and oxygen atoms in total. The van der Waals surface area contributed by atoms with E-state index in [1.165, 1.54) is 10.6 Å². The van der Waals surface area contributed by atoms with E-state index >= 15 is 0 Å². The molecule has 0 aromatic carbocycles. The smallest absolute Gasteiger partial charge is 0.261 e. The molecule has 0 saturated heterocycles. The summed E-state index contributed by atoms with van der Waals surface area (Å²) >= 11 is 0. The van der Waals surface area contributed by atoms with Crippen LogP contribution >= 0.6 is 0 Å². The average molecular weight is 218 g/mol. The lowest BCUT2D eigenvalue weighted by atomic mass is 10.2. The number of nitrogens with zero attached hydrogens (tertiary/aromatic N) is 2. The third kappa shape index (κ3) is 1.74. The van der Waals surface area contributed by atoms with Gasteiger partial charge in [0.25, 0.3) is 5.56 Å². The van der Waals surface area contributed by atoms with Crippen LogP contribution in [0.1, 0.15) is 11.3 Å². The Morgan fingerprint density at radius 1 is 1.25 bits per heavy atom. The summed E-state index contributed by atoms with van der Waals surface area (Å²) in [4.78, 5) is 15.8. The zero-order valence-electron chi connectivity index (χ0n) is 8.85. The van der Waals surface area contributed by atoms with E-state index in [0.717, 1.165) is 5.69 Å². The Labute approximate surface area is 92.2 Å². The third-order valence-corrected chi connectivity index (χ3v) is 2.42. The molecule has 0 aliphatic rings. The van der Waals surface area contributed by atoms with Crippen LogP contribution < -0.4 is 5.56 Å². The first kappa shape index (κ1) is 10.5. The van der Waals surface area contributed by atoms with Gasteiger partial charge in [-0.15, -0.1) is 0 Å². The van der Waals surface area contributed by atoms with Gasteiger partial charge in [-0.3, -0.25) is 14.3 Å². The highest BCUT2D eigenvalue weighted by atomic mass is 19.1. The van der Waals surface area contributed by atoms with Crippen molar-refractivity contribution in [2.24, 2.45) is 0 Å². The molecular formula is C12H11FN2O. The van der Waals surface area contributed by atoms with E-state index in [4.69, 9.17) is 0 Å². The Hall–Kier alpha value is -1.97. The van der Waals surface area contributed by atoms with Crippen molar-refractivity contribution in [3.63, 3.8) is 0 Å². The molecule has 82 valence electrons. The van der Waals surface area contributed by atoms with Crippen molar-refractivity contribution in [2.75, 3.05) is 0 Å². The van der Waals surface area contributed by atoms with Crippen LogP contribution in [-0.2, 0) is 6.67 Å². The number of rotatable bonds is 2. The highest BCUT2D eigenvalue weighted by molar-refractivity contribution is 5.33. The number of alkyl halides is 1. The lowest BCUT2D eigenvalue weighted by molar-refractivity contribution is 0.480. The number of aromatic nitrogens is 2. The van der Waals surface area contributed by atoms with Gasteiger partial charge in [-0.2, -0.15) is 0 Å². The summed E-state index contributed by atoms with van der Waals surface area (Å²) in [5, 5.41) is 0. The summed E-state index contributed by atoms with van der Waals surface area (Å²) in [6.45, 7) is 1.06. The van der Waals surface area contributed by atoms with Gasteiger partial charge < -0.3 is 0 Å². The maximum absolute atomic E-state index is 12.6. The molecule has 0 spiro atoms. The van der Waals surface area contributed by atoms with Crippen LogP contribution in [0, 0.1) is 6.92 Å². The van der Waals surface area contributed by atoms with Gasteiger partial charge in [-0.05, 0) is 31.2 Å². The summed E-state index contributed by atoms with van der Waals surface area (Å²) in [5.74, 6) is 0. The zero-order chi connectivity index (χ0) is 11.5. The van der Waals surface area contributed by atoms with Crippen LogP contribution in [0.2, 0.25) is 0 Å². The first-order chi connectivity index (χ1) is 7.74. The van der Waals surface area contributed by atoms with E-state index in [0.29, 0.717) is 5.69 Å². The molecule has 0 radical (unpaired) electrons. The Morgan fingerprint density at radius 3 is 2.56 bits per heavy atom. The van der Waals surface area contributed by atoms with Gasteiger partial charge in [-0.25, -0.2) is 4.39 Å². The highest BCUT2D eigenvalue weighted by Crippen LogP contribution is 2.08. The maximum Gasteiger partial charge on any atom is 0.261 e. The molecular weight excluding hydrogens is 207 g/mol. The van der Waals surface area contributed by atoms with E-state index in [9.17, 15) is 9.18 Å². The van der Waals surface area contributed by atoms with Gasteiger partial charge in [0.1, 0.15) is 6.67 Å². The second-order valence-electron chi connectivity index (χ2n) is 3.48. The minimum absolute atomic E-state index is 0.169. The van der Waals surface area contributed by atoms with Crippen molar-refractivity contribution in [2.45, 2.75) is 13.6 Å². The molecule has 2 aromatic heterocycles. The molecule has 0 saturated carbocycles. The van der Waals surface area contributed by atoms with Crippen molar-refractivity contribution in [1.29, 1.82) is 0 Å². The van der Waals surface area contributed by atoms with Crippen molar-refractivity contribution >= 4 is 0 Å². The number of aryl methyl sites for hydroxylation is 1. The van der Waals surface area contributed by atoms with Gasteiger partial charge in [0.15, 0.2) is 0 Å². The van der Waals surface area contributed by atoms with E-state index in [-0.39, 0.29) is 11.1 Å². The van der Waals surface area contributed by atoms with Gasteiger partial charge in [0.2, 0.25) is 0 Å². The molecule has 2 aromatic rings. The van der Waals surface area contributed by atoms with E-state index < -0.39 is 6.67 Å². The Bertz CT molecular complexity index is 549. The minimum Gasteiger partial charge on any atom is -0.281 e. The van der Waals surface area contributed by atoms with E-state index in [1.54, 1.807) is 30.6 Å². The summed E-state index contributed by atoms with van der Waals surface area (Å²) in [6.07, 6.45) is 3.20. The van der Waals surface area contributed by atoms with Crippen LogP contribution in [0.4, 0.5) is 4.39 Å². The van der Waals surface area contributed by atoms with Crippen LogP contribution in [-0.4, -0.2) is 9.55 Å². The standard InChI is InChI=1S/C12H11FN2O/c1-9-2-3-10(8-13)12(16)15(9)11-4-6-14-7-5-11/h2-7H,8H2,1H3. The molecule has 2 rings (SSSR count). The fourth-order valence-corrected chi connectivity index (χ4v) is 1.59. The molecule has 0 N–H and O–H groups in total. The molecule has 4 heteroatoms. The van der Waals surface area contributed by atoms with Crippen molar-refractivity contribution in [1.82, 2.24) is 9.55 Å². The Kier molecular flexibility index (Phi) is 2.81. The predicted molar refractivity (Wildman–Crippen MR) is 59.4 cm³/mol. The third-order valence-electron chi connectivity index (χ3n) is 2.42. The first-order valence-electron chi connectivity index (χ1n) is 4.92. The molecule has 0 bridgehead atoms. The monoisotopic (exact) mass is 218 g/mol. The topological polar surface area (TPSA) is 34.9 Å². The Morgan fingerprint density at radius 2 is 1.94 bits per heavy atom. The first-order valence-corrected chi connectivity index (χ1v) is 4.92. The largest absolute Gasteiger partial charge is 0.281 e. The lowest BCUT2D eigenvalue weighted by Gasteiger charge is -2.10. The Balaban J connectivity index is 2.70. The molecule has 0 aliphatic carbocycles. The number of hydrogen-bond donors (Lipinski definition) is 0. The summed E-state index contributed by atoms with van der Waals surface area (Å²) in [5.41, 5.74) is 1.33. The summed E-state index contributed by atoms with van der Waals surface area (Å²) < 4.78 is 14.1. The van der Waals surface area contributed by atoms with Crippen LogP contribution in [0.3, 0.4) is 0 Å². The molecule has 0 amide bonds. The number of pyridine rings is 2. The van der Waals surface area contributed by atoms with Crippen molar-refractivity contribution in [3.05, 3.63) is 58.3 Å². The van der Waals surface area contributed by atoms with Crippen molar-refractivity contribution in [3.8, 4) is 5.69 Å². The SMILES string of the molecule is Cc1ccc(CF)c(=O)n1-c1ccncc1. The quantitative estimate of drug-likeness (QED) is 0.772. The van der Waals surface area contributed by atoms with Crippen molar-refractivity contribution < 1.29 is 4.39 Å². The molecule has 16 heavy (non-hydrogen) atoms. The van der Waals surface area contributed by atoms with E-state index in [1.807, 2.05) is 6.92 Å². The molecule has 0 fully saturated rings. The molecule has 0 aliphatic heterocycles. The molecule has 2 heterocycles. The van der Waals surface area contributed by atoms with Gasteiger partial charge in [0.05, 0.1) is 5.69 Å². The second-order valence-corrected chi connectivity index (χ2v) is 3.48. The number of hydrogen-bond acceptors (Lipinski definition) is 2. The second kappa shape index (κ2) is 4.26. The summed E-state index contributed by atoms with van der Waals surface area (Å²) in [6, 6.07) is 6.69. The van der Waals surface area contributed by atoms with E-state index in [2.05, 4.69) is 4.98 Å².